The SMILES string of the molecule is CCOC1(C(N)Cc2ccn(C3CCCC3)n2)CCCC1. The van der Waals surface area contributed by atoms with Gasteiger partial charge in [0.25, 0.3) is 0 Å². The van der Waals surface area contributed by atoms with E-state index in [2.05, 4.69) is 23.9 Å². The molecule has 0 spiro atoms. The van der Waals surface area contributed by atoms with Crippen molar-refractivity contribution in [1.29, 1.82) is 0 Å². The summed E-state index contributed by atoms with van der Waals surface area (Å²) >= 11 is 0. The molecule has 1 aromatic rings. The summed E-state index contributed by atoms with van der Waals surface area (Å²) in [7, 11) is 0. The molecule has 2 aliphatic rings. The van der Waals surface area contributed by atoms with Crippen molar-refractivity contribution in [3.8, 4) is 0 Å². The average molecular weight is 291 g/mol. The summed E-state index contributed by atoms with van der Waals surface area (Å²) < 4.78 is 8.24. The van der Waals surface area contributed by atoms with E-state index in [0.29, 0.717) is 6.04 Å². The fourth-order valence-electron chi connectivity index (χ4n) is 4.15. The van der Waals surface area contributed by atoms with Gasteiger partial charge in [0.15, 0.2) is 0 Å². The molecule has 0 amide bonds. The van der Waals surface area contributed by atoms with Crippen LogP contribution in [0.2, 0.25) is 0 Å². The summed E-state index contributed by atoms with van der Waals surface area (Å²) in [5, 5.41) is 4.78. The van der Waals surface area contributed by atoms with Crippen LogP contribution < -0.4 is 5.73 Å². The van der Waals surface area contributed by atoms with Crippen molar-refractivity contribution in [3.05, 3.63) is 18.0 Å². The molecular formula is C17H29N3O. The molecule has 2 saturated carbocycles. The molecule has 21 heavy (non-hydrogen) atoms. The highest BCUT2D eigenvalue weighted by Crippen LogP contribution is 2.36. The lowest BCUT2D eigenvalue weighted by molar-refractivity contribution is -0.0526. The van der Waals surface area contributed by atoms with Gasteiger partial charge in [0.2, 0.25) is 0 Å². The molecule has 1 unspecified atom stereocenters. The van der Waals surface area contributed by atoms with Crippen molar-refractivity contribution in [2.45, 2.75) is 82.4 Å². The van der Waals surface area contributed by atoms with E-state index in [1.54, 1.807) is 0 Å². The lowest BCUT2D eigenvalue weighted by Gasteiger charge is -2.34. The molecule has 118 valence electrons. The minimum atomic E-state index is -0.105. The first-order chi connectivity index (χ1) is 10.2. The Kier molecular flexibility index (Phi) is 4.65. The van der Waals surface area contributed by atoms with Crippen molar-refractivity contribution < 1.29 is 4.74 Å². The highest BCUT2D eigenvalue weighted by atomic mass is 16.5. The standard InChI is InChI=1S/C17H29N3O/c1-2-21-17(10-5-6-11-17)16(18)13-14-9-12-20(19-14)15-7-3-4-8-15/h9,12,15-16H,2-8,10-11,13,18H2,1H3. The molecule has 1 atom stereocenters. The van der Waals surface area contributed by atoms with E-state index in [4.69, 9.17) is 15.6 Å². The first-order valence-electron chi connectivity index (χ1n) is 8.67. The predicted octanol–water partition coefficient (Wildman–Crippen LogP) is 3.22. The zero-order valence-electron chi connectivity index (χ0n) is 13.3. The number of aromatic nitrogens is 2. The summed E-state index contributed by atoms with van der Waals surface area (Å²) in [4.78, 5) is 0. The maximum absolute atomic E-state index is 6.52. The van der Waals surface area contributed by atoms with E-state index in [-0.39, 0.29) is 11.6 Å². The van der Waals surface area contributed by atoms with Gasteiger partial charge in [-0.15, -0.1) is 0 Å². The van der Waals surface area contributed by atoms with Crippen molar-refractivity contribution in [1.82, 2.24) is 9.78 Å². The van der Waals surface area contributed by atoms with Gasteiger partial charge < -0.3 is 10.5 Å². The van der Waals surface area contributed by atoms with Crippen molar-refractivity contribution >= 4 is 0 Å². The lowest BCUT2D eigenvalue weighted by Crippen LogP contribution is -2.49. The van der Waals surface area contributed by atoms with Gasteiger partial charge in [-0.3, -0.25) is 4.68 Å². The third-order valence-electron chi connectivity index (χ3n) is 5.35. The van der Waals surface area contributed by atoms with Crippen LogP contribution >= 0.6 is 0 Å². The molecule has 3 rings (SSSR count). The fourth-order valence-corrected chi connectivity index (χ4v) is 4.15. The Morgan fingerprint density at radius 3 is 2.71 bits per heavy atom. The third-order valence-corrected chi connectivity index (χ3v) is 5.35. The minimum absolute atomic E-state index is 0.0619. The Balaban J connectivity index is 1.64. The van der Waals surface area contributed by atoms with E-state index >= 15 is 0 Å². The molecule has 0 saturated heterocycles. The maximum Gasteiger partial charge on any atom is 0.0836 e. The van der Waals surface area contributed by atoms with Crippen LogP contribution in [-0.4, -0.2) is 28.0 Å². The molecule has 2 fully saturated rings. The van der Waals surface area contributed by atoms with E-state index in [0.717, 1.165) is 31.6 Å². The van der Waals surface area contributed by atoms with Crippen LogP contribution in [0, 0.1) is 0 Å². The largest absolute Gasteiger partial charge is 0.374 e. The zero-order chi connectivity index (χ0) is 14.7. The Morgan fingerprint density at radius 1 is 1.33 bits per heavy atom. The van der Waals surface area contributed by atoms with Gasteiger partial charge in [0.05, 0.1) is 17.3 Å². The van der Waals surface area contributed by atoms with Crippen molar-refractivity contribution in [3.63, 3.8) is 0 Å². The van der Waals surface area contributed by atoms with Gasteiger partial charge in [-0.25, -0.2) is 0 Å². The summed E-state index contributed by atoms with van der Waals surface area (Å²) in [6.07, 6.45) is 12.9. The number of rotatable bonds is 6. The second-order valence-electron chi connectivity index (χ2n) is 6.74. The highest BCUT2D eigenvalue weighted by molar-refractivity contribution is 5.07. The topological polar surface area (TPSA) is 53.1 Å². The second kappa shape index (κ2) is 6.49. The van der Waals surface area contributed by atoms with Crippen LogP contribution in [0.5, 0.6) is 0 Å². The van der Waals surface area contributed by atoms with E-state index in [1.165, 1.54) is 38.5 Å². The fraction of sp³-hybridized carbons (Fsp3) is 0.824. The van der Waals surface area contributed by atoms with Gasteiger partial charge in [-0.05, 0) is 38.7 Å². The molecular weight excluding hydrogens is 262 g/mol. The van der Waals surface area contributed by atoms with Crippen LogP contribution in [-0.2, 0) is 11.2 Å². The van der Waals surface area contributed by atoms with Gasteiger partial charge in [0.1, 0.15) is 0 Å². The van der Waals surface area contributed by atoms with Crippen LogP contribution in [0.3, 0.4) is 0 Å². The smallest absolute Gasteiger partial charge is 0.0836 e. The van der Waals surface area contributed by atoms with Crippen molar-refractivity contribution in [2.75, 3.05) is 6.61 Å². The van der Waals surface area contributed by atoms with Gasteiger partial charge >= 0.3 is 0 Å². The molecule has 2 N–H and O–H groups in total. The Hall–Kier alpha value is -0.870. The number of nitrogens with zero attached hydrogens (tertiary/aromatic N) is 2. The number of hydrogen-bond donors (Lipinski definition) is 1. The van der Waals surface area contributed by atoms with Crippen LogP contribution in [0.4, 0.5) is 0 Å². The number of ether oxygens (including phenoxy) is 1. The van der Waals surface area contributed by atoms with Gasteiger partial charge in [-0.2, -0.15) is 5.10 Å². The second-order valence-corrected chi connectivity index (χ2v) is 6.74. The number of nitrogens with two attached hydrogens (primary N) is 1. The monoisotopic (exact) mass is 291 g/mol. The summed E-state index contributed by atoms with van der Waals surface area (Å²) in [5.41, 5.74) is 7.54. The highest BCUT2D eigenvalue weighted by Gasteiger charge is 2.40. The Morgan fingerprint density at radius 2 is 2.05 bits per heavy atom. The molecule has 4 heteroatoms. The summed E-state index contributed by atoms with van der Waals surface area (Å²) in [6, 6.07) is 2.82. The first kappa shape index (κ1) is 15.0. The van der Waals surface area contributed by atoms with E-state index in [9.17, 15) is 0 Å². The van der Waals surface area contributed by atoms with Gasteiger partial charge in [-0.1, -0.05) is 25.7 Å². The third kappa shape index (κ3) is 3.16. The maximum atomic E-state index is 6.52. The minimum Gasteiger partial charge on any atom is -0.374 e. The van der Waals surface area contributed by atoms with Crippen molar-refractivity contribution in [2.24, 2.45) is 5.73 Å². The molecule has 0 aromatic carbocycles. The zero-order valence-corrected chi connectivity index (χ0v) is 13.3. The van der Waals surface area contributed by atoms with Gasteiger partial charge in [0, 0.05) is 25.3 Å². The molecule has 4 nitrogen and oxygen atoms in total. The average Bonchev–Trinajstić information content (AvgIpc) is 3.20. The number of hydrogen-bond acceptors (Lipinski definition) is 3. The normalized spacial score (nSPS) is 23.7. The molecule has 1 heterocycles. The lowest BCUT2D eigenvalue weighted by atomic mass is 9.89. The molecule has 0 bridgehead atoms. The van der Waals surface area contributed by atoms with E-state index in [1.807, 2.05) is 0 Å². The van der Waals surface area contributed by atoms with Crippen LogP contribution in [0.25, 0.3) is 0 Å². The van der Waals surface area contributed by atoms with Crippen LogP contribution in [0.1, 0.15) is 70.0 Å². The summed E-state index contributed by atoms with van der Waals surface area (Å²) in [5.74, 6) is 0. The first-order valence-corrected chi connectivity index (χ1v) is 8.67. The quantitative estimate of drug-likeness (QED) is 0.875. The molecule has 2 aliphatic carbocycles. The predicted molar refractivity (Wildman–Crippen MR) is 84.2 cm³/mol. The molecule has 1 aromatic heterocycles. The van der Waals surface area contributed by atoms with Crippen LogP contribution in [0.15, 0.2) is 12.3 Å². The Labute approximate surface area is 128 Å². The molecule has 0 aliphatic heterocycles. The Bertz CT molecular complexity index is 445. The summed E-state index contributed by atoms with van der Waals surface area (Å²) in [6.45, 7) is 2.83. The molecule has 0 radical (unpaired) electrons. The van der Waals surface area contributed by atoms with E-state index < -0.39 is 0 Å².